The van der Waals surface area contributed by atoms with Crippen molar-refractivity contribution < 1.29 is 13.2 Å². The molecule has 0 aliphatic rings. The summed E-state index contributed by atoms with van der Waals surface area (Å²) in [4.78, 5) is 15.4. The van der Waals surface area contributed by atoms with E-state index in [0.717, 1.165) is 44.8 Å². The lowest BCUT2D eigenvalue weighted by Crippen LogP contribution is -2.74. The molecule has 67 heavy (non-hydrogen) atoms. The van der Waals surface area contributed by atoms with Crippen LogP contribution in [-0.2, 0) is 6.18 Å². The molecule has 0 unspecified atom stereocenters. The summed E-state index contributed by atoms with van der Waals surface area (Å²) < 4.78 is 45.7. The Hall–Kier alpha value is -8.20. The van der Waals surface area contributed by atoms with Crippen LogP contribution < -0.4 is 20.7 Å². The molecule has 2 aromatic heterocycles. The number of benzene rings is 9. The van der Waals surface area contributed by atoms with Gasteiger partial charge in [0.15, 0.2) is 25.5 Å². The van der Waals surface area contributed by atoms with E-state index in [9.17, 15) is 13.2 Å². The van der Waals surface area contributed by atoms with E-state index in [1.54, 1.807) is 6.07 Å². The molecule has 0 spiro atoms. The number of halogens is 3. The van der Waals surface area contributed by atoms with Gasteiger partial charge in [-0.05, 0) is 74.7 Å². The minimum absolute atomic E-state index is 0.386. The molecule has 0 aliphatic heterocycles. The summed E-state index contributed by atoms with van der Waals surface area (Å²) in [5.41, 5.74) is 6.20. The second kappa shape index (κ2) is 17.0. The van der Waals surface area contributed by atoms with Crippen LogP contribution >= 0.6 is 0 Å². The van der Waals surface area contributed by atoms with E-state index in [1.165, 1.54) is 26.8 Å². The van der Waals surface area contributed by atoms with Gasteiger partial charge in [0.1, 0.15) is 0 Å². The number of aryl methyl sites for hydroxylation is 1. The molecule has 0 amide bonds. The Balaban J connectivity index is 1.21. The number of nitrogens with zero attached hydrogens (tertiary/aromatic N) is 4. The number of fused-ring (bicyclic) bond motifs is 3. The lowest BCUT2D eigenvalue weighted by atomic mass is 10.0. The Bertz CT molecular complexity index is 3410. The summed E-state index contributed by atoms with van der Waals surface area (Å²) in [7, 11) is -2.90. The smallest absolute Gasteiger partial charge is 0.308 e. The summed E-state index contributed by atoms with van der Waals surface area (Å²) >= 11 is 0. The molecule has 322 valence electrons. The largest absolute Gasteiger partial charge is 0.416 e. The normalized spacial score (nSPS) is 11.9. The van der Waals surface area contributed by atoms with Crippen LogP contribution in [0.3, 0.4) is 0 Å². The zero-order valence-electron chi connectivity index (χ0n) is 36.4. The molecule has 0 bridgehead atoms. The molecule has 0 saturated heterocycles. The fraction of sp³-hybridized carbons (Fsp3) is 0.0339. The van der Waals surface area contributed by atoms with Crippen molar-refractivity contribution in [3.63, 3.8) is 0 Å². The van der Waals surface area contributed by atoms with Crippen molar-refractivity contribution in [3.05, 3.63) is 242 Å². The number of hydrogen-bond donors (Lipinski definition) is 0. The Morgan fingerprint density at radius 3 is 1.37 bits per heavy atom. The molecule has 0 N–H and O–H groups in total. The second-order valence-corrected chi connectivity index (χ2v) is 20.6. The first-order chi connectivity index (χ1) is 32.8. The van der Waals surface area contributed by atoms with Crippen molar-refractivity contribution in [1.82, 2.24) is 19.5 Å². The van der Waals surface area contributed by atoms with Gasteiger partial charge in [0.25, 0.3) is 0 Å². The van der Waals surface area contributed by atoms with E-state index in [2.05, 4.69) is 127 Å². The SMILES string of the molecule is Cc1ccc2c3ccc(C(F)(F)F)cc3n(-c3ccc(-c4cccc([Si](c5ccccc5)(c5ccccc5)c5ccccc5)c4)cc3-c3nc(-c4ccccc4)nc(-c4ccccc4)n3)c2c1. The lowest BCUT2D eigenvalue weighted by molar-refractivity contribution is -0.137. The maximum atomic E-state index is 14.6. The maximum absolute atomic E-state index is 14.6. The van der Waals surface area contributed by atoms with Gasteiger partial charge >= 0.3 is 6.18 Å². The third-order valence-corrected chi connectivity index (χ3v) is 17.5. The first-order valence-corrected chi connectivity index (χ1v) is 24.2. The van der Waals surface area contributed by atoms with E-state index in [-0.39, 0.29) is 0 Å². The minimum Gasteiger partial charge on any atom is -0.308 e. The highest BCUT2D eigenvalue weighted by Gasteiger charge is 2.41. The Morgan fingerprint density at radius 2 is 0.836 bits per heavy atom. The van der Waals surface area contributed by atoms with Gasteiger partial charge in [-0.2, -0.15) is 13.2 Å². The second-order valence-electron chi connectivity index (χ2n) is 16.8. The third kappa shape index (κ3) is 7.51. The zero-order chi connectivity index (χ0) is 45.5. The molecule has 4 nitrogen and oxygen atoms in total. The first-order valence-electron chi connectivity index (χ1n) is 22.2. The van der Waals surface area contributed by atoms with Crippen LogP contribution in [0.2, 0.25) is 0 Å². The molecule has 0 saturated carbocycles. The third-order valence-electron chi connectivity index (χ3n) is 12.7. The molecule has 8 heteroatoms. The minimum atomic E-state index is -4.55. The van der Waals surface area contributed by atoms with E-state index in [1.807, 2.05) is 96.4 Å². The Morgan fingerprint density at radius 1 is 0.388 bits per heavy atom. The fourth-order valence-electron chi connectivity index (χ4n) is 9.58. The van der Waals surface area contributed by atoms with Crippen molar-refractivity contribution in [2.75, 3.05) is 0 Å². The van der Waals surface area contributed by atoms with Crippen molar-refractivity contribution >= 4 is 50.6 Å². The lowest BCUT2D eigenvalue weighted by Gasteiger charge is -2.34. The predicted octanol–water partition coefficient (Wildman–Crippen LogP) is 12.3. The average Bonchev–Trinajstić information content (AvgIpc) is 3.70. The molecule has 0 atom stereocenters. The van der Waals surface area contributed by atoms with Gasteiger partial charge in [0.2, 0.25) is 0 Å². The van der Waals surface area contributed by atoms with Gasteiger partial charge in [-0.3, -0.25) is 0 Å². The number of aromatic nitrogens is 4. The molecule has 9 aromatic carbocycles. The summed E-state index contributed by atoms with van der Waals surface area (Å²) in [6.07, 6.45) is -4.55. The van der Waals surface area contributed by atoms with Gasteiger partial charge in [-0.1, -0.05) is 200 Å². The molecule has 0 aliphatic carbocycles. The highest BCUT2D eigenvalue weighted by molar-refractivity contribution is 7.19. The number of alkyl halides is 3. The molecule has 11 rings (SSSR count). The number of hydrogen-bond acceptors (Lipinski definition) is 3. The average molecular weight is 891 g/mol. The predicted molar refractivity (Wildman–Crippen MR) is 269 cm³/mol. The van der Waals surface area contributed by atoms with Gasteiger partial charge in [-0.25, -0.2) is 15.0 Å². The Labute approximate surface area is 387 Å². The van der Waals surface area contributed by atoms with E-state index >= 15 is 0 Å². The Kier molecular flexibility index (Phi) is 10.5. The van der Waals surface area contributed by atoms with Gasteiger partial charge in [0, 0.05) is 27.5 Å². The van der Waals surface area contributed by atoms with Crippen molar-refractivity contribution in [2.24, 2.45) is 0 Å². The van der Waals surface area contributed by atoms with Crippen molar-refractivity contribution in [3.8, 4) is 51.0 Å². The molecule has 11 aromatic rings. The van der Waals surface area contributed by atoms with E-state index in [0.29, 0.717) is 39.6 Å². The summed E-state index contributed by atoms with van der Waals surface area (Å²) in [5.74, 6) is 1.34. The van der Waals surface area contributed by atoms with Gasteiger partial charge < -0.3 is 4.57 Å². The molecular weight excluding hydrogens is 850 g/mol. The summed E-state index contributed by atoms with van der Waals surface area (Å²) in [5, 5.41) is 6.52. The van der Waals surface area contributed by atoms with Crippen LogP contribution in [0.15, 0.2) is 231 Å². The van der Waals surface area contributed by atoms with Crippen LogP contribution in [0.25, 0.3) is 72.8 Å². The van der Waals surface area contributed by atoms with Crippen LogP contribution in [0.5, 0.6) is 0 Å². The van der Waals surface area contributed by atoms with Crippen molar-refractivity contribution in [1.29, 1.82) is 0 Å². The monoisotopic (exact) mass is 890 g/mol. The van der Waals surface area contributed by atoms with E-state index < -0.39 is 19.8 Å². The fourth-order valence-corrected chi connectivity index (χ4v) is 14.4. The van der Waals surface area contributed by atoms with Crippen LogP contribution in [0, 0.1) is 6.92 Å². The highest BCUT2D eigenvalue weighted by Crippen LogP contribution is 2.41. The van der Waals surface area contributed by atoms with Crippen LogP contribution in [0.1, 0.15) is 11.1 Å². The molecule has 0 radical (unpaired) electrons. The molecule has 0 fully saturated rings. The maximum Gasteiger partial charge on any atom is 0.416 e. The topological polar surface area (TPSA) is 43.6 Å². The summed E-state index contributed by atoms with van der Waals surface area (Å²) in [6, 6.07) is 76.9. The number of rotatable bonds is 9. The molecular formula is C59H41F3N4Si. The van der Waals surface area contributed by atoms with Crippen LogP contribution in [-0.4, -0.2) is 27.6 Å². The van der Waals surface area contributed by atoms with E-state index in [4.69, 9.17) is 15.0 Å². The zero-order valence-corrected chi connectivity index (χ0v) is 37.4. The first kappa shape index (κ1) is 41.5. The van der Waals surface area contributed by atoms with Crippen molar-refractivity contribution in [2.45, 2.75) is 13.1 Å². The highest BCUT2D eigenvalue weighted by atomic mass is 28.3. The van der Waals surface area contributed by atoms with Gasteiger partial charge in [0.05, 0.1) is 22.3 Å². The quantitative estimate of drug-likeness (QED) is 0.107. The standard InChI is InChI=1S/C59H41F3N4Si/c1-40-30-33-50-51-34-32-45(59(60,61)62)39-55(51)66(54(50)36-40)53-35-31-44(38-52(53)58-64-56(41-18-7-2-8-19-41)63-57(65-58)42-20-9-3-10-21-42)43-22-17-29-49(37-43)67(46-23-11-4-12-24-46,47-25-13-5-14-26-47)48-27-15-6-16-28-48/h2-39H,1H3. The summed E-state index contributed by atoms with van der Waals surface area (Å²) in [6.45, 7) is 1.99. The van der Waals surface area contributed by atoms with Crippen LogP contribution in [0.4, 0.5) is 13.2 Å². The van der Waals surface area contributed by atoms with Gasteiger partial charge in [-0.15, -0.1) is 0 Å². The molecule has 2 heterocycles.